The van der Waals surface area contributed by atoms with Gasteiger partial charge in [-0.25, -0.2) is 4.98 Å². The van der Waals surface area contributed by atoms with Gasteiger partial charge in [-0.05, 0) is 37.1 Å². The van der Waals surface area contributed by atoms with E-state index >= 15 is 0 Å². The molecule has 5 heteroatoms. The normalized spacial score (nSPS) is 13.2. The maximum atomic E-state index is 4.35. The van der Waals surface area contributed by atoms with Crippen LogP contribution in [0.5, 0.6) is 0 Å². The lowest BCUT2D eigenvalue weighted by Crippen LogP contribution is -1.96. The van der Waals surface area contributed by atoms with Crippen molar-refractivity contribution in [3.8, 4) is 16.9 Å². The first-order valence-electron chi connectivity index (χ1n) is 7.27. The van der Waals surface area contributed by atoms with Gasteiger partial charge in [-0.15, -0.1) is 0 Å². The van der Waals surface area contributed by atoms with E-state index < -0.39 is 0 Å². The fourth-order valence-electron chi connectivity index (χ4n) is 2.82. The summed E-state index contributed by atoms with van der Waals surface area (Å²) in [5.41, 5.74) is 5.93. The van der Waals surface area contributed by atoms with Crippen molar-refractivity contribution < 1.29 is 0 Å². The Kier molecular flexibility index (Phi) is 2.77. The molecule has 3 aromatic rings. The fraction of sp³-hybridized carbons (Fsp3) is 0.250. The zero-order valence-corrected chi connectivity index (χ0v) is 12.0. The zero-order chi connectivity index (χ0) is 14.2. The topological polar surface area (TPSA) is 47.7 Å². The zero-order valence-electron chi connectivity index (χ0n) is 12.0. The molecule has 0 amide bonds. The standard InChI is InChI=1S/C16H17N5/c1-2-20-10-13(8-19-20)16-9-17-11-21(16)14-3-4-15-12(7-14)5-6-18-15/h3-4,7-11,18H,2,5-6H2,1H3. The Morgan fingerprint density at radius 2 is 2.24 bits per heavy atom. The Bertz CT molecular complexity index is 784. The second-order valence-corrected chi connectivity index (χ2v) is 5.25. The van der Waals surface area contributed by atoms with Crippen LogP contribution in [-0.2, 0) is 13.0 Å². The quantitative estimate of drug-likeness (QED) is 0.802. The van der Waals surface area contributed by atoms with E-state index in [1.807, 2.05) is 23.4 Å². The molecule has 4 rings (SSSR count). The summed E-state index contributed by atoms with van der Waals surface area (Å²) in [4.78, 5) is 4.31. The highest BCUT2D eigenvalue weighted by Gasteiger charge is 2.13. The van der Waals surface area contributed by atoms with Crippen LogP contribution in [0.3, 0.4) is 0 Å². The number of imidazole rings is 1. The summed E-state index contributed by atoms with van der Waals surface area (Å²) >= 11 is 0. The minimum Gasteiger partial charge on any atom is -0.384 e. The predicted molar refractivity (Wildman–Crippen MR) is 82.7 cm³/mol. The maximum absolute atomic E-state index is 4.35. The number of aryl methyl sites for hydroxylation is 1. The van der Waals surface area contributed by atoms with Crippen LogP contribution < -0.4 is 5.32 Å². The Morgan fingerprint density at radius 1 is 1.29 bits per heavy atom. The largest absolute Gasteiger partial charge is 0.384 e. The van der Waals surface area contributed by atoms with Crippen LogP contribution in [0.2, 0.25) is 0 Å². The van der Waals surface area contributed by atoms with Crippen LogP contribution in [0.15, 0.2) is 43.1 Å². The molecule has 1 aromatic carbocycles. The van der Waals surface area contributed by atoms with Crippen LogP contribution in [0, 0.1) is 0 Å². The molecule has 1 aliphatic rings. The second kappa shape index (κ2) is 4.77. The summed E-state index contributed by atoms with van der Waals surface area (Å²) < 4.78 is 4.05. The molecule has 106 valence electrons. The molecule has 0 bridgehead atoms. The van der Waals surface area contributed by atoms with Crippen molar-refractivity contribution in [1.29, 1.82) is 0 Å². The molecule has 0 saturated heterocycles. The minimum atomic E-state index is 0.874. The van der Waals surface area contributed by atoms with Gasteiger partial charge in [-0.1, -0.05) is 0 Å². The Hall–Kier alpha value is -2.56. The third-order valence-electron chi connectivity index (χ3n) is 3.97. The smallest absolute Gasteiger partial charge is 0.0997 e. The molecule has 0 atom stereocenters. The number of rotatable bonds is 3. The maximum Gasteiger partial charge on any atom is 0.0997 e. The SMILES string of the molecule is CCn1cc(-c2cncn2-c2ccc3c(c2)CCN3)cn1. The van der Waals surface area contributed by atoms with Crippen LogP contribution in [0.25, 0.3) is 16.9 Å². The number of anilines is 1. The third-order valence-corrected chi connectivity index (χ3v) is 3.97. The van der Waals surface area contributed by atoms with Crippen LogP contribution in [0.1, 0.15) is 12.5 Å². The van der Waals surface area contributed by atoms with Crippen molar-refractivity contribution in [3.63, 3.8) is 0 Å². The van der Waals surface area contributed by atoms with Crippen LogP contribution in [0.4, 0.5) is 5.69 Å². The van der Waals surface area contributed by atoms with E-state index in [-0.39, 0.29) is 0 Å². The number of nitrogens with one attached hydrogen (secondary N) is 1. The van der Waals surface area contributed by atoms with E-state index in [1.54, 1.807) is 0 Å². The first-order chi connectivity index (χ1) is 10.3. The Morgan fingerprint density at radius 3 is 3.10 bits per heavy atom. The molecule has 2 aromatic heterocycles. The van der Waals surface area contributed by atoms with Crippen LogP contribution >= 0.6 is 0 Å². The van der Waals surface area contributed by atoms with Gasteiger partial charge in [-0.2, -0.15) is 5.10 Å². The van der Waals surface area contributed by atoms with E-state index in [2.05, 4.69) is 51.3 Å². The van der Waals surface area contributed by atoms with E-state index in [4.69, 9.17) is 0 Å². The Balaban J connectivity index is 1.78. The van der Waals surface area contributed by atoms with Gasteiger partial charge in [0.15, 0.2) is 0 Å². The lowest BCUT2D eigenvalue weighted by Gasteiger charge is -2.09. The van der Waals surface area contributed by atoms with Gasteiger partial charge in [0.1, 0.15) is 0 Å². The summed E-state index contributed by atoms with van der Waals surface area (Å²) in [6, 6.07) is 6.52. The average molecular weight is 279 g/mol. The lowest BCUT2D eigenvalue weighted by molar-refractivity contribution is 0.660. The van der Waals surface area contributed by atoms with Gasteiger partial charge in [0, 0.05) is 36.2 Å². The molecule has 0 spiro atoms. The molecule has 5 nitrogen and oxygen atoms in total. The summed E-state index contributed by atoms with van der Waals surface area (Å²) in [6.45, 7) is 3.99. The molecule has 0 aliphatic carbocycles. The Labute approximate surface area is 123 Å². The third kappa shape index (κ3) is 2.01. The fourth-order valence-corrected chi connectivity index (χ4v) is 2.82. The number of nitrogens with zero attached hydrogens (tertiary/aromatic N) is 4. The second-order valence-electron chi connectivity index (χ2n) is 5.25. The van der Waals surface area contributed by atoms with E-state index in [1.165, 1.54) is 11.3 Å². The molecule has 1 N–H and O–H groups in total. The first-order valence-corrected chi connectivity index (χ1v) is 7.27. The molecule has 21 heavy (non-hydrogen) atoms. The van der Waals surface area contributed by atoms with E-state index in [0.29, 0.717) is 0 Å². The number of fused-ring (bicyclic) bond motifs is 1. The molecule has 0 saturated carbocycles. The highest BCUT2D eigenvalue weighted by Crippen LogP contribution is 2.27. The van der Waals surface area contributed by atoms with Gasteiger partial charge in [0.05, 0.1) is 24.4 Å². The molecular weight excluding hydrogens is 262 g/mol. The van der Waals surface area contributed by atoms with Crippen molar-refractivity contribution in [1.82, 2.24) is 19.3 Å². The molecule has 0 radical (unpaired) electrons. The van der Waals surface area contributed by atoms with Gasteiger partial charge in [0.2, 0.25) is 0 Å². The van der Waals surface area contributed by atoms with Gasteiger partial charge < -0.3 is 5.32 Å². The number of hydrogen-bond acceptors (Lipinski definition) is 3. The summed E-state index contributed by atoms with van der Waals surface area (Å²) in [5.74, 6) is 0. The first kappa shape index (κ1) is 12.2. The summed E-state index contributed by atoms with van der Waals surface area (Å²) in [6.07, 6.45) is 8.79. The minimum absolute atomic E-state index is 0.874. The van der Waals surface area contributed by atoms with E-state index in [0.717, 1.165) is 36.5 Å². The number of aromatic nitrogens is 4. The summed E-state index contributed by atoms with van der Waals surface area (Å²) in [5, 5.41) is 7.74. The predicted octanol–water partition coefficient (Wildman–Crippen LogP) is 2.72. The van der Waals surface area contributed by atoms with Gasteiger partial charge in [0.25, 0.3) is 0 Å². The molecule has 0 unspecified atom stereocenters. The highest BCUT2D eigenvalue weighted by atomic mass is 15.3. The van der Waals surface area contributed by atoms with Gasteiger partial charge >= 0.3 is 0 Å². The van der Waals surface area contributed by atoms with Crippen molar-refractivity contribution in [2.75, 3.05) is 11.9 Å². The molecule has 0 fully saturated rings. The number of benzene rings is 1. The molecular formula is C16H17N5. The van der Waals surface area contributed by atoms with E-state index in [9.17, 15) is 0 Å². The average Bonchev–Trinajstić information content (AvgIpc) is 3.24. The summed E-state index contributed by atoms with van der Waals surface area (Å²) in [7, 11) is 0. The number of hydrogen-bond donors (Lipinski definition) is 1. The highest BCUT2D eigenvalue weighted by molar-refractivity contribution is 5.63. The monoisotopic (exact) mass is 279 g/mol. The van der Waals surface area contributed by atoms with Crippen molar-refractivity contribution >= 4 is 5.69 Å². The molecule has 3 heterocycles. The molecule has 1 aliphatic heterocycles. The van der Waals surface area contributed by atoms with Gasteiger partial charge in [-0.3, -0.25) is 9.25 Å². The van der Waals surface area contributed by atoms with Crippen molar-refractivity contribution in [2.45, 2.75) is 19.9 Å². The van der Waals surface area contributed by atoms with Crippen molar-refractivity contribution in [3.05, 3.63) is 48.7 Å². The van der Waals surface area contributed by atoms with Crippen LogP contribution in [-0.4, -0.2) is 25.9 Å². The van der Waals surface area contributed by atoms with Crippen molar-refractivity contribution in [2.24, 2.45) is 0 Å². The lowest BCUT2D eigenvalue weighted by atomic mass is 10.1.